The summed E-state index contributed by atoms with van der Waals surface area (Å²) in [5.74, 6) is -2.89. The van der Waals surface area contributed by atoms with Crippen LogP contribution in [-0.4, -0.2) is 53.3 Å². The Labute approximate surface area is 136 Å². The molecule has 0 radical (unpaired) electrons. The van der Waals surface area contributed by atoms with Gasteiger partial charge >= 0.3 is 5.97 Å². The van der Waals surface area contributed by atoms with E-state index >= 15 is 0 Å². The molecule has 3 rings (SSSR count). The van der Waals surface area contributed by atoms with E-state index < -0.39 is 45.5 Å². The summed E-state index contributed by atoms with van der Waals surface area (Å²) in [6.45, 7) is 1.47. The second-order valence-electron chi connectivity index (χ2n) is 5.69. The monoisotopic (exact) mass is 357 g/mol. The summed E-state index contributed by atoms with van der Waals surface area (Å²) in [6.07, 6.45) is -0.736. The van der Waals surface area contributed by atoms with Gasteiger partial charge in [-0.05, 0) is 30.4 Å². The molecule has 0 bridgehead atoms. The third-order valence-electron chi connectivity index (χ3n) is 4.19. The van der Waals surface area contributed by atoms with Crippen LogP contribution >= 0.6 is 11.3 Å². The van der Waals surface area contributed by atoms with Gasteiger partial charge in [0.2, 0.25) is 5.91 Å². The number of carboxylic acid groups (broad SMARTS) is 1. The molecule has 0 aliphatic carbocycles. The van der Waals surface area contributed by atoms with Crippen LogP contribution in [0.5, 0.6) is 0 Å². The summed E-state index contributed by atoms with van der Waals surface area (Å²) in [6, 6.07) is 2.61. The molecule has 0 saturated carbocycles. The summed E-state index contributed by atoms with van der Waals surface area (Å²) >= 11 is 1.07. The van der Waals surface area contributed by atoms with Crippen LogP contribution < -0.4 is 0 Å². The largest absolute Gasteiger partial charge is 0.477 e. The van der Waals surface area contributed by atoms with Gasteiger partial charge in [-0.3, -0.25) is 4.79 Å². The van der Waals surface area contributed by atoms with Gasteiger partial charge < -0.3 is 15.1 Å². The molecule has 2 N–H and O–H groups in total. The zero-order chi connectivity index (χ0) is 16.9. The Kier molecular flexibility index (Phi) is 3.81. The summed E-state index contributed by atoms with van der Waals surface area (Å²) in [7, 11) is -3.64. The van der Waals surface area contributed by atoms with E-state index in [2.05, 4.69) is 0 Å². The number of β-lactam (4-membered cyclic amide) rings is 1. The van der Waals surface area contributed by atoms with E-state index in [4.69, 9.17) is 0 Å². The first-order chi connectivity index (χ1) is 10.7. The van der Waals surface area contributed by atoms with Crippen LogP contribution in [0.3, 0.4) is 0 Å². The zero-order valence-corrected chi connectivity index (χ0v) is 13.8. The Morgan fingerprint density at radius 3 is 2.74 bits per heavy atom. The van der Waals surface area contributed by atoms with Gasteiger partial charge in [-0.2, -0.15) is 0 Å². The topological polar surface area (TPSA) is 112 Å². The van der Waals surface area contributed by atoms with Gasteiger partial charge in [0.15, 0.2) is 9.84 Å². The van der Waals surface area contributed by atoms with Crippen LogP contribution in [0.25, 0.3) is 0 Å². The number of carbonyl (C=O) groups excluding carboxylic acids is 1. The minimum Gasteiger partial charge on any atom is -0.477 e. The van der Waals surface area contributed by atoms with Crippen molar-refractivity contribution in [1.29, 1.82) is 0 Å². The molecule has 1 aromatic rings. The van der Waals surface area contributed by atoms with Crippen LogP contribution in [0.15, 0.2) is 33.0 Å². The normalized spacial score (nSPS) is 25.3. The number of sulfone groups is 1. The molecule has 124 valence electrons. The van der Waals surface area contributed by atoms with Crippen molar-refractivity contribution in [3.8, 4) is 0 Å². The Hall–Kier alpha value is -1.71. The van der Waals surface area contributed by atoms with Crippen molar-refractivity contribution < 1.29 is 28.2 Å². The molecule has 0 aromatic carbocycles. The molecular weight excluding hydrogens is 342 g/mol. The Morgan fingerprint density at radius 2 is 2.22 bits per heavy atom. The van der Waals surface area contributed by atoms with Crippen molar-refractivity contribution in [2.24, 2.45) is 5.92 Å². The lowest BCUT2D eigenvalue weighted by atomic mass is 9.83. The summed E-state index contributed by atoms with van der Waals surface area (Å²) in [5.41, 5.74) is -0.0376. The standard InChI is InChI=1S/C14H15NO6S2/c1-7(16)11-9-5-8(12(14(18)19)15(9)13(11)17)6-23(20,21)10-3-2-4-22-10/h2-4,7,9,11,16H,5-6H2,1H3,(H,18,19)/t7-,9+,11+/m1/s1. The fraction of sp³-hybridized carbons (Fsp3) is 0.429. The molecule has 1 aromatic heterocycles. The van der Waals surface area contributed by atoms with Crippen molar-refractivity contribution in [2.75, 3.05) is 5.75 Å². The minimum absolute atomic E-state index is 0.160. The quantitative estimate of drug-likeness (QED) is 0.741. The molecule has 3 atom stereocenters. The highest BCUT2D eigenvalue weighted by Gasteiger charge is 2.56. The number of hydrogen-bond acceptors (Lipinski definition) is 6. The molecule has 1 fully saturated rings. The van der Waals surface area contributed by atoms with E-state index in [0.29, 0.717) is 0 Å². The first-order valence-corrected chi connectivity index (χ1v) is 9.50. The average molecular weight is 357 g/mol. The number of carboxylic acids is 1. The van der Waals surface area contributed by atoms with Crippen LogP contribution in [0.1, 0.15) is 13.3 Å². The van der Waals surface area contributed by atoms with Gasteiger partial charge in [-0.15, -0.1) is 11.3 Å². The molecule has 9 heteroatoms. The molecule has 7 nitrogen and oxygen atoms in total. The average Bonchev–Trinajstić information content (AvgIpc) is 3.04. The van der Waals surface area contributed by atoms with Gasteiger partial charge in [-0.25, -0.2) is 13.2 Å². The Bertz CT molecular complexity index is 793. The maximum atomic E-state index is 12.4. The first-order valence-electron chi connectivity index (χ1n) is 6.96. The van der Waals surface area contributed by atoms with E-state index in [-0.39, 0.29) is 21.9 Å². The number of aliphatic hydroxyl groups is 1. The van der Waals surface area contributed by atoms with Crippen molar-refractivity contribution in [1.82, 2.24) is 4.90 Å². The smallest absolute Gasteiger partial charge is 0.352 e. The van der Waals surface area contributed by atoms with Gasteiger partial charge in [-0.1, -0.05) is 6.07 Å². The van der Waals surface area contributed by atoms with Crippen LogP contribution in [0.4, 0.5) is 0 Å². The summed E-state index contributed by atoms with van der Waals surface area (Å²) < 4.78 is 24.9. The van der Waals surface area contributed by atoms with Crippen LogP contribution in [0.2, 0.25) is 0 Å². The van der Waals surface area contributed by atoms with Crippen molar-refractivity contribution in [3.63, 3.8) is 0 Å². The van der Waals surface area contributed by atoms with Crippen molar-refractivity contribution >= 4 is 33.1 Å². The number of carbonyl (C=O) groups is 2. The second kappa shape index (κ2) is 5.43. The molecule has 0 unspecified atom stereocenters. The molecular formula is C14H15NO6S2. The maximum Gasteiger partial charge on any atom is 0.352 e. The number of thiophene rings is 1. The van der Waals surface area contributed by atoms with Crippen LogP contribution in [0, 0.1) is 5.92 Å². The molecule has 1 saturated heterocycles. The van der Waals surface area contributed by atoms with Gasteiger partial charge in [0.1, 0.15) is 9.91 Å². The second-order valence-corrected chi connectivity index (χ2v) is 8.86. The van der Waals surface area contributed by atoms with Gasteiger partial charge in [0, 0.05) is 0 Å². The van der Waals surface area contributed by atoms with Crippen molar-refractivity contribution in [2.45, 2.75) is 29.7 Å². The molecule has 23 heavy (non-hydrogen) atoms. The predicted octanol–water partition coefficient (Wildman–Crippen LogP) is 0.472. The van der Waals surface area contributed by atoms with E-state index in [1.165, 1.54) is 13.0 Å². The number of aliphatic carboxylic acids is 1. The highest BCUT2D eigenvalue weighted by atomic mass is 32.2. The van der Waals surface area contributed by atoms with E-state index in [1.54, 1.807) is 11.4 Å². The van der Waals surface area contributed by atoms with E-state index in [1.807, 2.05) is 0 Å². The lowest BCUT2D eigenvalue weighted by Gasteiger charge is -2.44. The fourth-order valence-electron chi connectivity index (χ4n) is 3.23. The van der Waals surface area contributed by atoms with Gasteiger partial charge in [0.25, 0.3) is 0 Å². The first kappa shape index (κ1) is 16.2. The lowest BCUT2D eigenvalue weighted by Crippen LogP contribution is -2.61. The minimum atomic E-state index is -3.64. The third kappa shape index (κ3) is 2.48. The number of fused-ring (bicyclic) bond motifs is 1. The third-order valence-corrected chi connectivity index (χ3v) is 7.38. The Morgan fingerprint density at radius 1 is 1.52 bits per heavy atom. The van der Waals surface area contributed by atoms with Crippen molar-refractivity contribution in [3.05, 3.63) is 28.8 Å². The van der Waals surface area contributed by atoms with Crippen LogP contribution in [-0.2, 0) is 19.4 Å². The highest BCUT2D eigenvalue weighted by molar-refractivity contribution is 7.93. The fourth-order valence-corrected chi connectivity index (χ4v) is 5.75. The number of nitrogens with zero attached hydrogens (tertiary/aromatic N) is 1. The number of aliphatic hydroxyl groups excluding tert-OH is 1. The number of rotatable bonds is 5. The predicted molar refractivity (Wildman–Crippen MR) is 81.5 cm³/mol. The molecule has 2 aliphatic heterocycles. The SMILES string of the molecule is C[C@@H](O)[C@@H]1C(=O)N2C(C(=O)O)=C(CS(=O)(=O)c3cccs3)C[C@@H]12. The number of hydrogen-bond donors (Lipinski definition) is 2. The molecule has 3 heterocycles. The van der Waals surface area contributed by atoms with E-state index in [0.717, 1.165) is 16.2 Å². The van der Waals surface area contributed by atoms with E-state index in [9.17, 15) is 28.2 Å². The number of amides is 1. The molecule has 0 spiro atoms. The molecule has 2 aliphatic rings. The summed E-state index contributed by atoms with van der Waals surface area (Å²) in [4.78, 5) is 24.7. The zero-order valence-electron chi connectivity index (χ0n) is 12.2. The molecule has 1 amide bonds. The Balaban J connectivity index is 1.93. The maximum absolute atomic E-state index is 12.4. The highest BCUT2D eigenvalue weighted by Crippen LogP contribution is 2.44. The van der Waals surface area contributed by atoms with Gasteiger partial charge in [0.05, 0.1) is 23.8 Å². The lowest BCUT2D eigenvalue weighted by molar-refractivity contribution is -0.161. The summed E-state index contributed by atoms with van der Waals surface area (Å²) in [5, 5.41) is 20.7.